The van der Waals surface area contributed by atoms with Gasteiger partial charge in [0.2, 0.25) is 5.95 Å². The molecule has 1 atom stereocenters. The van der Waals surface area contributed by atoms with Crippen LogP contribution in [0.15, 0.2) is 6.07 Å². The van der Waals surface area contributed by atoms with Crippen molar-refractivity contribution < 1.29 is 4.74 Å². The first kappa shape index (κ1) is 13.9. The molecule has 1 saturated heterocycles. The third-order valence-corrected chi connectivity index (χ3v) is 2.98. The predicted molar refractivity (Wildman–Crippen MR) is 77.4 cm³/mol. The van der Waals surface area contributed by atoms with E-state index in [-0.39, 0.29) is 11.7 Å². The lowest BCUT2D eigenvalue weighted by atomic mass is 10.1. The van der Waals surface area contributed by atoms with Gasteiger partial charge < -0.3 is 20.7 Å². The van der Waals surface area contributed by atoms with Crippen LogP contribution in [0, 0.1) is 0 Å². The Morgan fingerprint density at radius 2 is 2.26 bits per heavy atom. The van der Waals surface area contributed by atoms with Crippen molar-refractivity contribution in [3.05, 3.63) is 6.07 Å². The minimum atomic E-state index is -0.185. The van der Waals surface area contributed by atoms with E-state index < -0.39 is 0 Å². The molecular formula is C13H23N5O. The quantitative estimate of drug-likeness (QED) is 0.862. The van der Waals surface area contributed by atoms with Gasteiger partial charge in [-0.05, 0) is 27.7 Å². The van der Waals surface area contributed by atoms with Gasteiger partial charge in [-0.25, -0.2) is 0 Å². The van der Waals surface area contributed by atoms with E-state index in [2.05, 4.69) is 41.0 Å². The third kappa shape index (κ3) is 3.47. The van der Waals surface area contributed by atoms with E-state index in [0.717, 1.165) is 31.3 Å². The minimum Gasteiger partial charge on any atom is -0.370 e. The van der Waals surface area contributed by atoms with Crippen LogP contribution in [0.1, 0.15) is 27.7 Å². The van der Waals surface area contributed by atoms with Crippen molar-refractivity contribution in [3.63, 3.8) is 0 Å². The summed E-state index contributed by atoms with van der Waals surface area (Å²) in [7, 11) is 0. The largest absolute Gasteiger partial charge is 0.370 e. The number of ether oxygens (including phenoxy) is 1. The SMILES string of the molecule is CCNc1cc(N2CC(C)OC(C)(C)C2)nc(N)n1. The van der Waals surface area contributed by atoms with Gasteiger partial charge >= 0.3 is 0 Å². The van der Waals surface area contributed by atoms with Crippen LogP contribution in [-0.2, 0) is 4.74 Å². The number of hydrogen-bond acceptors (Lipinski definition) is 6. The van der Waals surface area contributed by atoms with Crippen LogP contribution in [-0.4, -0.2) is 41.3 Å². The fourth-order valence-corrected chi connectivity index (χ4v) is 2.51. The van der Waals surface area contributed by atoms with Gasteiger partial charge in [0.05, 0.1) is 11.7 Å². The van der Waals surface area contributed by atoms with Gasteiger partial charge in [0.15, 0.2) is 0 Å². The van der Waals surface area contributed by atoms with E-state index in [1.807, 2.05) is 13.0 Å². The van der Waals surface area contributed by atoms with Crippen molar-refractivity contribution in [2.75, 3.05) is 35.6 Å². The Kier molecular flexibility index (Phi) is 3.80. The summed E-state index contributed by atoms with van der Waals surface area (Å²) in [6.45, 7) is 10.7. The molecule has 1 unspecified atom stereocenters. The maximum atomic E-state index is 5.90. The Morgan fingerprint density at radius 3 is 2.89 bits per heavy atom. The molecule has 0 aliphatic carbocycles. The van der Waals surface area contributed by atoms with Gasteiger partial charge in [-0.2, -0.15) is 9.97 Å². The highest BCUT2D eigenvalue weighted by atomic mass is 16.5. The van der Waals surface area contributed by atoms with Gasteiger partial charge in [-0.15, -0.1) is 0 Å². The van der Waals surface area contributed by atoms with Crippen LogP contribution in [0.25, 0.3) is 0 Å². The van der Waals surface area contributed by atoms with Crippen molar-refractivity contribution in [3.8, 4) is 0 Å². The molecule has 6 nitrogen and oxygen atoms in total. The number of aromatic nitrogens is 2. The zero-order valence-corrected chi connectivity index (χ0v) is 12.1. The number of hydrogen-bond donors (Lipinski definition) is 2. The second-order valence-electron chi connectivity index (χ2n) is 5.57. The maximum absolute atomic E-state index is 5.90. The molecule has 106 valence electrons. The number of nitrogens with one attached hydrogen (secondary N) is 1. The molecule has 0 bridgehead atoms. The van der Waals surface area contributed by atoms with Crippen LogP contribution in [0.2, 0.25) is 0 Å². The smallest absolute Gasteiger partial charge is 0.223 e. The summed E-state index contributed by atoms with van der Waals surface area (Å²) >= 11 is 0. The van der Waals surface area contributed by atoms with Crippen molar-refractivity contribution in [2.45, 2.75) is 39.4 Å². The van der Waals surface area contributed by atoms with Crippen LogP contribution >= 0.6 is 0 Å². The van der Waals surface area contributed by atoms with Gasteiger partial charge in [0, 0.05) is 25.7 Å². The molecule has 3 N–H and O–H groups in total. The fraction of sp³-hybridized carbons (Fsp3) is 0.692. The predicted octanol–water partition coefficient (Wildman–Crippen LogP) is 1.49. The summed E-state index contributed by atoms with van der Waals surface area (Å²) in [6.07, 6.45) is 0.169. The van der Waals surface area contributed by atoms with Gasteiger partial charge in [-0.3, -0.25) is 0 Å². The lowest BCUT2D eigenvalue weighted by Gasteiger charge is -2.42. The highest BCUT2D eigenvalue weighted by Crippen LogP contribution is 2.26. The molecule has 1 aromatic rings. The minimum absolute atomic E-state index is 0.169. The Bertz CT molecular complexity index is 449. The first-order valence-corrected chi connectivity index (χ1v) is 6.71. The Labute approximate surface area is 114 Å². The lowest BCUT2D eigenvalue weighted by molar-refractivity contribution is -0.0751. The Balaban J connectivity index is 2.25. The molecule has 6 heteroatoms. The third-order valence-electron chi connectivity index (χ3n) is 2.98. The van der Waals surface area contributed by atoms with Crippen molar-refractivity contribution in [2.24, 2.45) is 0 Å². The molecule has 0 saturated carbocycles. The maximum Gasteiger partial charge on any atom is 0.223 e. The van der Waals surface area contributed by atoms with Crippen LogP contribution in [0.3, 0.4) is 0 Å². The van der Waals surface area contributed by atoms with Crippen LogP contribution in [0.4, 0.5) is 17.6 Å². The van der Waals surface area contributed by atoms with Crippen molar-refractivity contribution in [1.29, 1.82) is 0 Å². The molecule has 1 aliphatic heterocycles. The van der Waals surface area contributed by atoms with E-state index in [1.165, 1.54) is 0 Å². The first-order chi connectivity index (χ1) is 8.89. The Hall–Kier alpha value is -1.56. The standard InChI is InChI=1S/C13H23N5O/c1-5-15-10-6-11(17-12(14)16-10)18-7-9(2)19-13(3,4)8-18/h6,9H,5,7-8H2,1-4H3,(H3,14,15,16,17). The van der Waals surface area contributed by atoms with Crippen molar-refractivity contribution in [1.82, 2.24) is 9.97 Å². The van der Waals surface area contributed by atoms with Gasteiger partial charge in [0.25, 0.3) is 0 Å². The summed E-state index contributed by atoms with van der Waals surface area (Å²) in [5, 5.41) is 3.17. The molecule has 2 rings (SSSR count). The summed E-state index contributed by atoms with van der Waals surface area (Å²) < 4.78 is 5.90. The molecule has 1 aliphatic rings. The molecule has 2 heterocycles. The number of nitrogen functional groups attached to an aromatic ring is 1. The number of nitrogens with zero attached hydrogens (tertiary/aromatic N) is 3. The van der Waals surface area contributed by atoms with E-state index in [1.54, 1.807) is 0 Å². The number of nitrogens with two attached hydrogens (primary N) is 1. The van der Waals surface area contributed by atoms with Crippen molar-refractivity contribution >= 4 is 17.6 Å². The van der Waals surface area contributed by atoms with Crippen LogP contribution < -0.4 is 16.0 Å². The molecule has 0 radical (unpaired) electrons. The summed E-state index contributed by atoms with van der Waals surface area (Å²) in [6, 6.07) is 1.94. The zero-order valence-electron chi connectivity index (χ0n) is 12.1. The van der Waals surface area contributed by atoms with E-state index in [9.17, 15) is 0 Å². The highest BCUT2D eigenvalue weighted by Gasteiger charge is 2.32. The molecular weight excluding hydrogens is 242 g/mol. The molecule has 1 fully saturated rings. The normalized spacial score (nSPS) is 22.3. The number of morpholine rings is 1. The monoisotopic (exact) mass is 265 g/mol. The summed E-state index contributed by atoms with van der Waals surface area (Å²) in [5.74, 6) is 1.92. The topological polar surface area (TPSA) is 76.3 Å². The molecule has 1 aromatic heterocycles. The second kappa shape index (κ2) is 5.21. The average Bonchev–Trinajstić information content (AvgIpc) is 2.25. The van der Waals surface area contributed by atoms with Gasteiger partial charge in [-0.1, -0.05) is 0 Å². The van der Waals surface area contributed by atoms with E-state index >= 15 is 0 Å². The second-order valence-corrected chi connectivity index (χ2v) is 5.57. The molecule has 0 amide bonds. The molecule has 19 heavy (non-hydrogen) atoms. The van der Waals surface area contributed by atoms with Crippen LogP contribution in [0.5, 0.6) is 0 Å². The average molecular weight is 265 g/mol. The Morgan fingerprint density at radius 1 is 1.53 bits per heavy atom. The fourth-order valence-electron chi connectivity index (χ4n) is 2.51. The number of anilines is 3. The molecule has 0 aromatic carbocycles. The first-order valence-electron chi connectivity index (χ1n) is 6.71. The number of rotatable bonds is 3. The lowest BCUT2D eigenvalue weighted by Crippen LogP contribution is -2.52. The summed E-state index contributed by atoms with van der Waals surface area (Å²) in [4.78, 5) is 10.7. The highest BCUT2D eigenvalue weighted by molar-refractivity contribution is 5.53. The zero-order chi connectivity index (χ0) is 14.0. The van der Waals surface area contributed by atoms with Gasteiger partial charge in [0.1, 0.15) is 11.6 Å². The van der Waals surface area contributed by atoms with E-state index in [4.69, 9.17) is 10.5 Å². The molecule has 0 spiro atoms. The van der Waals surface area contributed by atoms with E-state index in [0.29, 0.717) is 5.95 Å². The summed E-state index contributed by atoms with van der Waals surface area (Å²) in [5.41, 5.74) is 5.59.